The molecule has 0 aliphatic heterocycles. The third-order valence-corrected chi connectivity index (χ3v) is 7.73. The van der Waals surface area contributed by atoms with Crippen molar-refractivity contribution in [3.63, 3.8) is 0 Å². The van der Waals surface area contributed by atoms with E-state index in [0.29, 0.717) is 33.7 Å². The van der Waals surface area contributed by atoms with Gasteiger partial charge < -0.3 is 15.1 Å². The second kappa shape index (κ2) is 8.40. The molecule has 7 heteroatoms. The topological polar surface area (TPSA) is 71.3 Å². The van der Waals surface area contributed by atoms with E-state index < -0.39 is 0 Å². The second-order valence-electron chi connectivity index (χ2n) is 8.71. The highest BCUT2D eigenvalue weighted by Gasteiger charge is 2.34. The Bertz CT molecular complexity index is 1030. The average Bonchev–Trinajstić information content (AvgIpc) is 3.45. The summed E-state index contributed by atoms with van der Waals surface area (Å²) in [5.41, 5.74) is 1.90. The molecule has 1 aliphatic rings. The van der Waals surface area contributed by atoms with Gasteiger partial charge in [-0.1, -0.05) is 26.8 Å². The van der Waals surface area contributed by atoms with Crippen LogP contribution in [0, 0.1) is 11.3 Å². The molecule has 0 aromatic carbocycles. The molecular formula is C23H26N2O3S2. The monoisotopic (exact) mass is 442 g/mol. The van der Waals surface area contributed by atoms with Crippen molar-refractivity contribution in [2.75, 3.05) is 5.32 Å². The molecule has 0 spiro atoms. The summed E-state index contributed by atoms with van der Waals surface area (Å²) in [4.78, 5) is 27.7. The molecule has 1 aliphatic carbocycles. The largest absolute Gasteiger partial charge is 0.467 e. The Labute approximate surface area is 184 Å². The van der Waals surface area contributed by atoms with Gasteiger partial charge in [0.15, 0.2) is 0 Å². The van der Waals surface area contributed by atoms with Crippen molar-refractivity contribution in [3.8, 4) is 0 Å². The first-order chi connectivity index (χ1) is 14.3. The highest BCUT2D eigenvalue weighted by molar-refractivity contribution is 7.17. The van der Waals surface area contributed by atoms with Gasteiger partial charge in [-0.15, -0.1) is 22.7 Å². The first-order valence-electron chi connectivity index (χ1n) is 10.1. The molecule has 5 nitrogen and oxygen atoms in total. The summed E-state index contributed by atoms with van der Waals surface area (Å²) < 4.78 is 5.33. The second-order valence-corrected chi connectivity index (χ2v) is 10.8. The maximum absolute atomic E-state index is 13.1. The molecular weight excluding hydrogens is 416 g/mol. The standard InChI is InChI=1S/C23H26N2O3S2/c1-23(2,3)14-8-9-16-18(12-14)30-22(25-20(26)17-7-5-11-29-17)19(16)21(27)24-13-15-6-4-10-28-15/h4-7,10-11,14H,8-9,12-13H2,1-3H3,(H,24,27)(H,25,26)/t14-/m0/s1. The van der Waals surface area contributed by atoms with Crippen molar-refractivity contribution < 1.29 is 14.0 Å². The summed E-state index contributed by atoms with van der Waals surface area (Å²) in [6.07, 6.45) is 4.43. The van der Waals surface area contributed by atoms with Gasteiger partial charge in [0.25, 0.3) is 11.8 Å². The van der Waals surface area contributed by atoms with E-state index in [0.717, 1.165) is 24.8 Å². The molecule has 158 valence electrons. The summed E-state index contributed by atoms with van der Waals surface area (Å²) in [6.45, 7) is 7.13. The number of hydrogen-bond acceptors (Lipinski definition) is 5. The maximum atomic E-state index is 13.1. The molecule has 3 heterocycles. The predicted molar refractivity (Wildman–Crippen MR) is 121 cm³/mol. The smallest absolute Gasteiger partial charge is 0.266 e. The summed E-state index contributed by atoms with van der Waals surface area (Å²) in [5, 5.41) is 8.47. The summed E-state index contributed by atoms with van der Waals surface area (Å²) in [7, 11) is 0. The van der Waals surface area contributed by atoms with Crippen LogP contribution in [0.2, 0.25) is 0 Å². The number of fused-ring (bicyclic) bond motifs is 1. The number of anilines is 1. The van der Waals surface area contributed by atoms with E-state index in [9.17, 15) is 9.59 Å². The Balaban J connectivity index is 1.62. The molecule has 0 unspecified atom stereocenters. The number of carbonyl (C=O) groups excluding carboxylic acids is 2. The maximum Gasteiger partial charge on any atom is 0.266 e. The van der Waals surface area contributed by atoms with Crippen LogP contribution >= 0.6 is 22.7 Å². The van der Waals surface area contributed by atoms with Crippen molar-refractivity contribution in [2.45, 2.75) is 46.6 Å². The lowest BCUT2D eigenvalue weighted by molar-refractivity contribution is 0.0947. The SMILES string of the molecule is CC(C)(C)[C@H]1CCc2c(sc(NC(=O)c3cccs3)c2C(=O)NCc2ccco2)C1. The Morgan fingerprint density at radius 1 is 1.20 bits per heavy atom. The van der Waals surface area contributed by atoms with E-state index in [1.165, 1.54) is 16.2 Å². The van der Waals surface area contributed by atoms with E-state index in [1.54, 1.807) is 29.7 Å². The average molecular weight is 443 g/mol. The molecule has 30 heavy (non-hydrogen) atoms. The van der Waals surface area contributed by atoms with Gasteiger partial charge in [-0.25, -0.2) is 0 Å². The van der Waals surface area contributed by atoms with Gasteiger partial charge in [0.2, 0.25) is 0 Å². The lowest BCUT2D eigenvalue weighted by Crippen LogP contribution is -2.28. The zero-order valence-electron chi connectivity index (χ0n) is 17.4. The summed E-state index contributed by atoms with van der Waals surface area (Å²) >= 11 is 2.94. The van der Waals surface area contributed by atoms with Crippen LogP contribution in [-0.4, -0.2) is 11.8 Å². The van der Waals surface area contributed by atoms with Crippen LogP contribution in [0.25, 0.3) is 0 Å². The summed E-state index contributed by atoms with van der Waals surface area (Å²) in [5.74, 6) is 0.920. The number of hydrogen-bond donors (Lipinski definition) is 2. The minimum Gasteiger partial charge on any atom is -0.467 e. The third kappa shape index (κ3) is 4.37. The van der Waals surface area contributed by atoms with Gasteiger partial charge in [0.05, 0.1) is 23.2 Å². The molecule has 0 radical (unpaired) electrons. The number of rotatable bonds is 5. The molecule has 2 amide bonds. The highest BCUT2D eigenvalue weighted by Crippen LogP contribution is 2.44. The number of carbonyl (C=O) groups is 2. The van der Waals surface area contributed by atoms with Crippen LogP contribution in [0.1, 0.15) is 63.4 Å². The molecule has 1 atom stereocenters. The molecule has 0 bridgehead atoms. The third-order valence-electron chi connectivity index (χ3n) is 5.69. The van der Waals surface area contributed by atoms with E-state index in [1.807, 2.05) is 17.5 Å². The lowest BCUT2D eigenvalue weighted by Gasteiger charge is -2.33. The fourth-order valence-electron chi connectivity index (χ4n) is 3.89. The Morgan fingerprint density at radius 2 is 2.03 bits per heavy atom. The molecule has 0 saturated carbocycles. The number of nitrogens with one attached hydrogen (secondary N) is 2. The van der Waals surface area contributed by atoms with Crippen molar-refractivity contribution in [1.29, 1.82) is 0 Å². The van der Waals surface area contributed by atoms with Gasteiger partial charge >= 0.3 is 0 Å². The van der Waals surface area contributed by atoms with E-state index in [4.69, 9.17) is 4.42 Å². The lowest BCUT2D eigenvalue weighted by atomic mass is 9.72. The van der Waals surface area contributed by atoms with Crippen molar-refractivity contribution in [1.82, 2.24) is 5.32 Å². The zero-order chi connectivity index (χ0) is 21.3. The number of amides is 2. The quantitative estimate of drug-likeness (QED) is 0.530. The van der Waals surface area contributed by atoms with Crippen LogP contribution in [0.4, 0.5) is 5.00 Å². The van der Waals surface area contributed by atoms with Crippen molar-refractivity contribution >= 4 is 39.5 Å². The fourth-order valence-corrected chi connectivity index (χ4v) is 5.83. The van der Waals surface area contributed by atoms with Crippen LogP contribution in [-0.2, 0) is 19.4 Å². The zero-order valence-corrected chi connectivity index (χ0v) is 19.0. The van der Waals surface area contributed by atoms with Gasteiger partial charge in [-0.05, 0) is 59.7 Å². The Hall–Kier alpha value is -2.38. The normalized spacial score (nSPS) is 16.2. The minimum absolute atomic E-state index is 0.167. The Kier molecular flexibility index (Phi) is 5.84. The van der Waals surface area contributed by atoms with Crippen molar-refractivity contribution in [2.24, 2.45) is 11.3 Å². The molecule has 3 aromatic heterocycles. The molecule has 3 aromatic rings. The van der Waals surface area contributed by atoms with Gasteiger partial charge in [0, 0.05) is 4.88 Å². The first kappa shape index (κ1) is 20.9. The molecule has 0 fully saturated rings. The predicted octanol–water partition coefficient (Wildman–Crippen LogP) is 5.74. The van der Waals surface area contributed by atoms with E-state index >= 15 is 0 Å². The number of thiophene rings is 2. The van der Waals surface area contributed by atoms with E-state index in [2.05, 4.69) is 31.4 Å². The fraction of sp³-hybridized carbons (Fsp3) is 0.391. The minimum atomic E-state index is -0.170. The summed E-state index contributed by atoms with van der Waals surface area (Å²) in [6, 6.07) is 7.27. The van der Waals surface area contributed by atoms with Gasteiger partial charge in [0.1, 0.15) is 10.8 Å². The first-order valence-corrected chi connectivity index (χ1v) is 11.8. The van der Waals surface area contributed by atoms with Crippen molar-refractivity contribution in [3.05, 3.63) is 62.6 Å². The van der Waals surface area contributed by atoms with Crippen LogP contribution < -0.4 is 10.6 Å². The molecule has 0 saturated heterocycles. The number of furan rings is 1. The van der Waals surface area contributed by atoms with Crippen LogP contribution in [0.5, 0.6) is 0 Å². The molecule has 4 rings (SSSR count). The van der Waals surface area contributed by atoms with E-state index in [-0.39, 0.29) is 17.2 Å². The van der Waals surface area contributed by atoms with Gasteiger partial charge in [-0.2, -0.15) is 0 Å². The molecule has 2 N–H and O–H groups in total. The van der Waals surface area contributed by atoms with Gasteiger partial charge in [-0.3, -0.25) is 9.59 Å². The highest BCUT2D eigenvalue weighted by atomic mass is 32.1. The Morgan fingerprint density at radius 3 is 2.70 bits per heavy atom. The van der Waals surface area contributed by atoms with Crippen LogP contribution in [0.3, 0.4) is 0 Å². The van der Waals surface area contributed by atoms with Crippen LogP contribution in [0.15, 0.2) is 40.3 Å².